The fraction of sp³-hybridized carbons (Fsp3) is 0.194. The SMILES string of the molecule is OC[C@H]1O[C@@H](n2cnc3c(NCc4c5ccccc5c5ccc6cccc7ccc4c5c76)ncnc32)[C@H](O)[C@@H]1O. The van der Waals surface area contributed by atoms with Crippen LogP contribution in [0.3, 0.4) is 0 Å². The molecule has 0 unspecified atom stereocenters. The van der Waals surface area contributed by atoms with Gasteiger partial charge in [-0.2, -0.15) is 0 Å². The molecule has 1 aliphatic rings. The van der Waals surface area contributed by atoms with Gasteiger partial charge in [-0.15, -0.1) is 0 Å². The molecule has 1 saturated heterocycles. The van der Waals surface area contributed by atoms with E-state index in [0.29, 0.717) is 23.5 Å². The lowest BCUT2D eigenvalue weighted by Crippen LogP contribution is -2.33. The maximum Gasteiger partial charge on any atom is 0.167 e. The number of aliphatic hydroxyl groups excluding tert-OH is 3. The Morgan fingerprint density at radius 1 is 0.775 bits per heavy atom. The van der Waals surface area contributed by atoms with Crippen LogP contribution in [0, 0.1) is 0 Å². The highest BCUT2D eigenvalue weighted by atomic mass is 16.6. The summed E-state index contributed by atoms with van der Waals surface area (Å²) in [5.74, 6) is 0.547. The molecule has 0 spiro atoms. The Hall–Kier alpha value is -4.41. The molecule has 0 aliphatic carbocycles. The van der Waals surface area contributed by atoms with Gasteiger partial charge in [-0.25, -0.2) is 15.0 Å². The van der Waals surface area contributed by atoms with Crippen molar-refractivity contribution in [2.24, 2.45) is 0 Å². The largest absolute Gasteiger partial charge is 0.394 e. The molecule has 5 aromatic carbocycles. The van der Waals surface area contributed by atoms with Crippen LogP contribution in [0.4, 0.5) is 5.82 Å². The minimum absolute atomic E-state index is 0.406. The van der Waals surface area contributed by atoms with Crippen molar-refractivity contribution < 1.29 is 20.1 Å². The van der Waals surface area contributed by atoms with Crippen LogP contribution < -0.4 is 5.32 Å². The first-order valence-electron chi connectivity index (χ1n) is 13.2. The van der Waals surface area contributed by atoms with Gasteiger partial charge in [-0.05, 0) is 48.7 Å². The third kappa shape index (κ3) is 3.26. The third-order valence-electron chi connectivity index (χ3n) is 8.23. The first-order chi connectivity index (χ1) is 19.6. The van der Waals surface area contributed by atoms with Crippen molar-refractivity contribution in [1.82, 2.24) is 19.5 Å². The highest BCUT2D eigenvalue weighted by Gasteiger charge is 2.44. The molecule has 4 atom stereocenters. The van der Waals surface area contributed by atoms with E-state index in [0.717, 1.165) is 5.56 Å². The van der Waals surface area contributed by atoms with Gasteiger partial charge in [0, 0.05) is 6.54 Å². The van der Waals surface area contributed by atoms with Crippen molar-refractivity contribution in [3.05, 3.63) is 84.9 Å². The van der Waals surface area contributed by atoms with Gasteiger partial charge in [0.05, 0.1) is 12.9 Å². The molecular weight excluding hydrogens is 506 g/mol. The number of rotatable bonds is 5. The zero-order chi connectivity index (χ0) is 27.0. The summed E-state index contributed by atoms with van der Waals surface area (Å²) in [6.07, 6.45) is -1.32. The highest BCUT2D eigenvalue weighted by Crippen LogP contribution is 2.41. The molecule has 2 aromatic heterocycles. The predicted octanol–water partition coefficient (Wildman–Crippen LogP) is 4.10. The Morgan fingerprint density at radius 3 is 2.33 bits per heavy atom. The van der Waals surface area contributed by atoms with Crippen LogP contribution >= 0.6 is 0 Å². The number of fused-ring (bicyclic) bond motifs is 3. The van der Waals surface area contributed by atoms with Gasteiger partial charge in [0.2, 0.25) is 0 Å². The molecule has 4 N–H and O–H groups in total. The normalized spacial score (nSPS) is 21.5. The minimum Gasteiger partial charge on any atom is -0.394 e. The molecule has 8 rings (SSSR count). The maximum atomic E-state index is 10.5. The highest BCUT2D eigenvalue weighted by molar-refractivity contribution is 6.30. The van der Waals surface area contributed by atoms with E-state index in [1.807, 2.05) is 0 Å². The quantitative estimate of drug-likeness (QED) is 0.193. The summed E-state index contributed by atoms with van der Waals surface area (Å²) < 4.78 is 7.27. The van der Waals surface area contributed by atoms with Crippen molar-refractivity contribution in [3.8, 4) is 0 Å². The van der Waals surface area contributed by atoms with E-state index in [9.17, 15) is 15.3 Å². The summed E-state index contributed by atoms with van der Waals surface area (Å²) >= 11 is 0. The molecule has 0 amide bonds. The molecule has 198 valence electrons. The van der Waals surface area contributed by atoms with Crippen LogP contribution in [0.1, 0.15) is 11.8 Å². The molecule has 0 saturated carbocycles. The van der Waals surface area contributed by atoms with Gasteiger partial charge < -0.3 is 25.4 Å². The fourth-order valence-corrected chi connectivity index (χ4v) is 6.32. The Bertz CT molecular complexity index is 2040. The van der Waals surface area contributed by atoms with Crippen LogP contribution in [0.15, 0.2) is 79.4 Å². The summed E-state index contributed by atoms with van der Waals surface area (Å²) in [5.41, 5.74) is 2.13. The second-order valence-corrected chi connectivity index (χ2v) is 10.3. The number of hydrogen-bond acceptors (Lipinski definition) is 8. The van der Waals surface area contributed by atoms with Gasteiger partial charge in [0.15, 0.2) is 23.2 Å². The molecule has 40 heavy (non-hydrogen) atoms. The summed E-state index contributed by atoms with van der Waals surface area (Å²) in [6.45, 7) is 0.0952. The van der Waals surface area contributed by atoms with Crippen molar-refractivity contribution >= 4 is 60.1 Å². The molecule has 7 aromatic rings. The van der Waals surface area contributed by atoms with Crippen molar-refractivity contribution in [2.75, 3.05) is 11.9 Å². The number of benzene rings is 5. The third-order valence-corrected chi connectivity index (χ3v) is 8.23. The fourth-order valence-electron chi connectivity index (χ4n) is 6.32. The number of nitrogens with zero attached hydrogens (tertiary/aromatic N) is 4. The Labute approximate surface area is 227 Å². The number of aliphatic hydroxyl groups is 3. The van der Waals surface area contributed by atoms with E-state index >= 15 is 0 Å². The van der Waals surface area contributed by atoms with Crippen LogP contribution in [-0.4, -0.2) is 59.8 Å². The smallest absolute Gasteiger partial charge is 0.167 e. The van der Waals surface area contributed by atoms with Gasteiger partial charge >= 0.3 is 0 Å². The van der Waals surface area contributed by atoms with Gasteiger partial charge in [0.25, 0.3) is 0 Å². The number of aromatic nitrogens is 4. The number of hydrogen-bond donors (Lipinski definition) is 4. The summed E-state index contributed by atoms with van der Waals surface area (Å²) in [6, 6.07) is 23.7. The Balaban J connectivity index is 1.24. The second-order valence-electron chi connectivity index (χ2n) is 10.3. The van der Waals surface area contributed by atoms with Crippen LogP contribution in [0.2, 0.25) is 0 Å². The van der Waals surface area contributed by atoms with Gasteiger partial charge in [0.1, 0.15) is 24.6 Å². The molecule has 9 heteroatoms. The standard InChI is InChI=1S/C31H25N5O4/c37-13-23-27(38)28(39)31(40-23)36-15-35-26-29(33-14-34-30(26)36)32-12-22-19-7-2-1-6-18(19)20-10-8-16-4-3-5-17-9-11-21(22)25(20)24(16)17/h1-11,14-15,23,27-28,31,37-39H,12-13H2,(H,32,33,34)/t23-,27-,28-,31-/m1/s1. The molecule has 9 nitrogen and oxygen atoms in total. The summed E-state index contributed by atoms with van der Waals surface area (Å²) in [7, 11) is 0. The summed E-state index contributed by atoms with van der Waals surface area (Å²) in [4.78, 5) is 13.4. The average Bonchev–Trinajstić information content (AvgIpc) is 3.55. The van der Waals surface area contributed by atoms with E-state index < -0.39 is 31.1 Å². The minimum atomic E-state index is -1.23. The Kier molecular flexibility index (Phi) is 5.17. The van der Waals surface area contributed by atoms with E-state index in [-0.39, 0.29) is 0 Å². The maximum absolute atomic E-state index is 10.5. The molecule has 1 fully saturated rings. The second kappa shape index (κ2) is 8.80. The van der Waals surface area contributed by atoms with Gasteiger partial charge in [-0.1, -0.05) is 66.7 Å². The van der Waals surface area contributed by atoms with E-state index in [1.165, 1.54) is 55.7 Å². The number of ether oxygens (including phenoxy) is 1. The monoisotopic (exact) mass is 531 g/mol. The number of nitrogens with one attached hydrogen (secondary N) is 1. The number of imidazole rings is 1. The zero-order valence-corrected chi connectivity index (χ0v) is 21.3. The topological polar surface area (TPSA) is 126 Å². The van der Waals surface area contributed by atoms with E-state index in [1.54, 1.807) is 4.57 Å². The van der Waals surface area contributed by atoms with Crippen molar-refractivity contribution in [3.63, 3.8) is 0 Å². The first-order valence-corrected chi connectivity index (χ1v) is 13.2. The lowest BCUT2D eigenvalue weighted by molar-refractivity contribution is -0.0511. The molecule has 0 bridgehead atoms. The average molecular weight is 532 g/mol. The Morgan fingerprint density at radius 2 is 1.55 bits per heavy atom. The number of anilines is 1. The lowest BCUT2D eigenvalue weighted by atomic mass is 9.88. The van der Waals surface area contributed by atoms with Crippen LogP contribution in [0.5, 0.6) is 0 Å². The van der Waals surface area contributed by atoms with Crippen LogP contribution in [0.25, 0.3) is 54.3 Å². The van der Waals surface area contributed by atoms with Crippen molar-refractivity contribution in [1.29, 1.82) is 0 Å². The van der Waals surface area contributed by atoms with Crippen LogP contribution in [-0.2, 0) is 11.3 Å². The van der Waals surface area contributed by atoms with Crippen molar-refractivity contribution in [2.45, 2.75) is 31.1 Å². The first kappa shape index (κ1) is 23.5. The zero-order valence-electron chi connectivity index (χ0n) is 21.3. The molecule has 1 aliphatic heterocycles. The molecular formula is C31H25N5O4. The molecule has 3 heterocycles. The molecule has 0 radical (unpaired) electrons. The predicted molar refractivity (Wildman–Crippen MR) is 153 cm³/mol. The summed E-state index contributed by atoms with van der Waals surface area (Å²) in [5, 5.41) is 43.5. The van der Waals surface area contributed by atoms with E-state index in [2.05, 4.69) is 87.0 Å². The van der Waals surface area contributed by atoms with E-state index in [4.69, 9.17) is 4.74 Å². The van der Waals surface area contributed by atoms with Gasteiger partial charge in [-0.3, -0.25) is 4.57 Å². The lowest BCUT2D eigenvalue weighted by Gasteiger charge is -2.18.